The molecule has 110 valence electrons. The number of carbonyl (C=O) groups excluding carboxylic acids is 1. The first-order valence-electron chi connectivity index (χ1n) is 6.98. The Labute approximate surface area is 134 Å². The van der Waals surface area contributed by atoms with Crippen molar-refractivity contribution in [3.8, 4) is 0 Å². The first-order chi connectivity index (χ1) is 9.56. The third-order valence-electron chi connectivity index (χ3n) is 3.61. The van der Waals surface area contributed by atoms with Crippen molar-refractivity contribution in [2.24, 2.45) is 0 Å². The van der Waals surface area contributed by atoms with Crippen LogP contribution in [0.5, 0.6) is 0 Å². The van der Waals surface area contributed by atoms with Crippen LogP contribution in [0.4, 0.5) is 0 Å². The number of likely N-dealkylation sites (N-methyl/N-ethyl adjacent to an activating group) is 1. The van der Waals surface area contributed by atoms with Crippen LogP contribution in [0.3, 0.4) is 0 Å². The summed E-state index contributed by atoms with van der Waals surface area (Å²) < 4.78 is 1.16. The van der Waals surface area contributed by atoms with Gasteiger partial charge in [0.25, 0.3) is 5.91 Å². The van der Waals surface area contributed by atoms with Gasteiger partial charge in [-0.3, -0.25) is 9.69 Å². The topological polar surface area (TPSA) is 26.8 Å². The van der Waals surface area contributed by atoms with Gasteiger partial charge in [-0.05, 0) is 61.0 Å². The van der Waals surface area contributed by atoms with Gasteiger partial charge in [0.2, 0.25) is 0 Å². The molecule has 20 heavy (non-hydrogen) atoms. The van der Waals surface area contributed by atoms with E-state index < -0.39 is 0 Å². The third kappa shape index (κ3) is 4.43. The molecule has 0 aliphatic carbocycles. The minimum absolute atomic E-state index is 0.161. The second-order valence-electron chi connectivity index (χ2n) is 5.44. The van der Waals surface area contributed by atoms with Gasteiger partial charge >= 0.3 is 0 Å². The number of rotatable bonds is 4. The molecular formula is C15H22IN3O. The van der Waals surface area contributed by atoms with Crippen LogP contribution in [0.2, 0.25) is 0 Å². The minimum Gasteiger partial charge on any atom is -0.336 e. The van der Waals surface area contributed by atoms with Crippen LogP contribution in [0, 0.1) is 3.57 Å². The van der Waals surface area contributed by atoms with Crippen LogP contribution in [0.25, 0.3) is 0 Å². The van der Waals surface area contributed by atoms with E-state index in [9.17, 15) is 4.79 Å². The standard InChI is InChI=1S/C15H22IN3O/c1-17(2)7-8-18-9-11-19(12-10-18)15(20)13-3-5-14(16)6-4-13/h3-6H,7-12H2,1-2H3. The number of benzene rings is 1. The zero-order chi connectivity index (χ0) is 14.5. The second-order valence-corrected chi connectivity index (χ2v) is 6.69. The Balaban J connectivity index is 1.84. The summed E-state index contributed by atoms with van der Waals surface area (Å²) in [6, 6.07) is 7.81. The quantitative estimate of drug-likeness (QED) is 0.735. The summed E-state index contributed by atoms with van der Waals surface area (Å²) in [6.45, 7) is 5.77. The monoisotopic (exact) mass is 387 g/mol. The molecule has 0 bridgehead atoms. The van der Waals surface area contributed by atoms with Crippen LogP contribution in [-0.2, 0) is 0 Å². The maximum absolute atomic E-state index is 12.4. The molecule has 0 radical (unpaired) electrons. The van der Waals surface area contributed by atoms with Gasteiger partial charge in [-0.15, -0.1) is 0 Å². The molecule has 5 heteroatoms. The number of halogens is 1. The molecule has 1 saturated heterocycles. The third-order valence-corrected chi connectivity index (χ3v) is 4.33. The van der Waals surface area contributed by atoms with Crippen LogP contribution in [0.1, 0.15) is 10.4 Å². The Morgan fingerprint density at radius 1 is 1.15 bits per heavy atom. The summed E-state index contributed by atoms with van der Waals surface area (Å²) in [6.07, 6.45) is 0. The first-order valence-corrected chi connectivity index (χ1v) is 8.06. The fraction of sp³-hybridized carbons (Fsp3) is 0.533. The van der Waals surface area contributed by atoms with E-state index in [1.807, 2.05) is 29.2 Å². The predicted molar refractivity (Wildman–Crippen MR) is 90.1 cm³/mol. The molecule has 1 amide bonds. The van der Waals surface area contributed by atoms with Crippen molar-refractivity contribution in [2.45, 2.75) is 0 Å². The molecule has 1 aliphatic rings. The van der Waals surface area contributed by atoms with Gasteiger partial charge in [0.1, 0.15) is 0 Å². The molecule has 0 saturated carbocycles. The van der Waals surface area contributed by atoms with Crippen molar-refractivity contribution in [2.75, 3.05) is 53.4 Å². The summed E-state index contributed by atoms with van der Waals surface area (Å²) in [5.41, 5.74) is 0.798. The van der Waals surface area contributed by atoms with Crippen LogP contribution in [-0.4, -0.2) is 74.0 Å². The molecule has 1 heterocycles. The highest BCUT2D eigenvalue weighted by Crippen LogP contribution is 2.11. The number of piperazine rings is 1. The van der Waals surface area contributed by atoms with E-state index in [0.717, 1.165) is 48.4 Å². The average Bonchev–Trinajstić information content (AvgIpc) is 2.46. The lowest BCUT2D eigenvalue weighted by molar-refractivity contribution is 0.0629. The summed E-state index contributed by atoms with van der Waals surface area (Å²) in [5, 5.41) is 0. The summed E-state index contributed by atoms with van der Waals surface area (Å²) in [4.78, 5) is 19.0. The fourth-order valence-corrected chi connectivity index (χ4v) is 2.65. The maximum Gasteiger partial charge on any atom is 0.253 e. The van der Waals surface area contributed by atoms with Crippen LogP contribution >= 0.6 is 22.6 Å². The van der Waals surface area contributed by atoms with Crippen molar-refractivity contribution in [3.63, 3.8) is 0 Å². The first kappa shape index (κ1) is 15.7. The van der Waals surface area contributed by atoms with Crippen molar-refractivity contribution < 1.29 is 4.79 Å². The van der Waals surface area contributed by atoms with E-state index in [4.69, 9.17) is 0 Å². The lowest BCUT2D eigenvalue weighted by atomic mass is 10.2. The van der Waals surface area contributed by atoms with Gasteiger partial charge in [0.15, 0.2) is 0 Å². The summed E-state index contributed by atoms with van der Waals surface area (Å²) in [7, 11) is 4.19. The van der Waals surface area contributed by atoms with E-state index in [1.165, 1.54) is 0 Å². The number of hydrogen-bond donors (Lipinski definition) is 0. The van der Waals surface area contributed by atoms with E-state index in [0.29, 0.717) is 0 Å². The van der Waals surface area contributed by atoms with E-state index in [1.54, 1.807) is 0 Å². The van der Waals surface area contributed by atoms with Crippen LogP contribution < -0.4 is 0 Å². The van der Waals surface area contributed by atoms with Gasteiger partial charge in [-0.1, -0.05) is 0 Å². The molecule has 1 aromatic rings. The molecule has 1 aromatic carbocycles. The van der Waals surface area contributed by atoms with E-state index in [2.05, 4.69) is 46.5 Å². The number of hydrogen-bond acceptors (Lipinski definition) is 3. The Morgan fingerprint density at radius 2 is 1.75 bits per heavy atom. The predicted octanol–water partition coefficient (Wildman–Crippen LogP) is 1.61. The number of carbonyl (C=O) groups is 1. The molecule has 1 fully saturated rings. The van der Waals surface area contributed by atoms with Crippen molar-refractivity contribution in [1.82, 2.24) is 14.7 Å². The molecule has 0 aromatic heterocycles. The van der Waals surface area contributed by atoms with Gasteiger partial charge in [-0.2, -0.15) is 0 Å². The largest absolute Gasteiger partial charge is 0.336 e. The van der Waals surface area contributed by atoms with Crippen molar-refractivity contribution >= 4 is 28.5 Å². The van der Waals surface area contributed by atoms with E-state index >= 15 is 0 Å². The fourth-order valence-electron chi connectivity index (χ4n) is 2.29. The Morgan fingerprint density at radius 3 is 2.30 bits per heavy atom. The molecule has 0 spiro atoms. The Bertz CT molecular complexity index is 439. The molecule has 0 unspecified atom stereocenters. The molecule has 4 nitrogen and oxygen atoms in total. The highest BCUT2D eigenvalue weighted by Gasteiger charge is 2.21. The molecule has 0 N–H and O–H groups in total. The highest BCUT2D eigenvalue weighted by atomic mass is 127. The highest BCUT2D eigenvalue weighted by molar-refractivity contribution is 14.1. The van der Waals surface area contributed by atoms with Crippen molar-refractivity contribution in [3.05, 3.63) is 33.4 Å². The average molecular weight is 387 g/mol. The van der Waals surface area contributed by atoms with Gasteiger partial charge in [-0.25, -0.2) is 0 Å². The smallest absolute Gasteiger partial charge is 0.253 e. The van der Waals surface area contributed by atoms with Gasteiger partial charge in [0, 0.05) is 48.4 Å². The molecule has 1 aliphatic heterocycles. The number of amides is 1. The van der Waals surface area contributed by atoms with Gasteiger partial charge in [0.05, 0.1) is 0 Å². The zero-order valence-electron chi connectivity index (χ0n) is 12.2. The molecule has 0 atom stereocenters. The zero-order valence-corrected chi connectivity index (χ0v) is 14.3. The lowest BCUT2D eigenvalue weighted by Crippen LogP contribution is -2.49. The SMILES string of the molecule is CN(C)CCN1CCN(C(=O)c2ccc(I)cc2)CC1. The Hall–Kier alpha value is -0.660. The van der Waals surface area contributed by atoms with Crippen LogP contribution in [0.15, 0.2) is 24.3 Å². The van der Waals surface area contributed by atoms with E-state index in [-0.39, 0.29) is 5.91 Å². The van der Waals surface area contributed by atoms with Crippen molar-refractivity contribution in [1.29, 1.82) is 0 Å². The number of nitrogens with zero attached hydrogens (tertiary/aromatic N) is 3. The lowest BCUT2D eigenvalue weighted by Gasteiger charge is -2.35. The minimum atomic E-state index is 0.161. The maximum atomic E-state index is 12.4. The Kier molecular flexibility index (Phi) is 5.80. The second kappa shape index (κ2) is 7.38. The van der Waals surface area contributed by atoms with Gasteiger partial charge < -0.3 is 9.80 Å². The summed E-state index contributed by atoms with van der Waals surface area (Å²) in [5.74, 6) is 0.161. The molecule has 2 rings (SSSR count). The molecular weight excluding hydrogens is 365 g/mol. The normalized spacial score (nSPS) is 16.7. The summed E-state index contributed by atoms with van der Waals surface area (Å²) >= 11 is 2.26.